The molecule has 2 aliphatic heterocycles. The van der Waals surface area contributed by atoms with Gasteiger partial charge in [-0.2, -0.15) is 0 Å². The third kappa shape index (κ3) is 3.20. The van der Waals surface area contributed by atoms with Gasteiger partial charge in [-0.15, -0.1) is 0 Å². The van der Waals surface area contributed by atoms with Gasteiger partial charge < -0.3 is 14.8 Å². The van der Waals surface area contributed by atoms with E-state index in [9.17, 15) is 0 Å². The van der Waals surface area contributed by atoms with Gasteiger partial charge in [-0.3, -0.25) is 4.98 Å². The van der Waals surface area contributed by atoms with Crippen LogP contribution in [0, 0.1) is 5.92 Å². The number of rotatable bonds is 3. The maximum absolute atomic E-state index is 6.33. The highest BCUT2D eigenvalue weighted by molar-refractivity contribution is 6.34. The Morgan fingerprint density at radius 3 is 2.95 bits per heavy atom. The highest BCUT2D eigenvalue weighted by Gasteiger charge is 2.43. The predicted octanol–water partition coefficient (Wildman–Crippen LogP) is 3.23. The maximum atomic E-state index is 6.33. The highest BCUT2D eigenvalue weighted by Crippen LogP contribution is 2.41. The van der Waals surface area contributed by atoms with E-state index < -0.39 is 0 Å². The summed E-state index contributed by atoms with van der Waals surface area (Å²) in [5.74, 6) is 0.427. The van der Waals surface area contributed by atoms with Crippen LogP contribution in [-0.4, -0.2) is 37.5 Å². The normalized spacial score (nSPS) is 30.7. The summed E-state index contributed by atoms with van der Waals surface area (Å²) < 4.78 is 11.5. The van der Waals surface area contributed by atoms with Crippen molar-refractivity contribution in [3.8, 4) is 0 Å². The Balaban J connectivity index is 1.82. The number of nitrogens with zero attached hydrogens (tertiary/aromatic N) is 1. The van der Waals surface area contributed by atoms with Crippen LogP contribution < -0.4 is 5.32 Å². The Bertz CT molecular complexity index is 506. The Hall–Kier alpha value is -0.390. The zero-order valence-corrected chi connectivity index (χ0v) is 13.6. The molecule has 1 aromatic rings. The van der Waals surface area contributed by atoms with E-state index in [0.717, 1.165) is 38.2 Å². The summed E-state index contributed by atoms with van der Waals surface area (Å²) in [5.41, 5.74) is 0.751. The first-order chi connectivity index (χ1) is 10.1. The molecule has 116 valence electrons. The molecule has 0 radical (unpaired) electrons. The van der Waals surface area contributed by atoms with Crippen molar-refractivity contribution in [2.45, 2.75) is 30.9 Å². The zero-order chi connectivity index (χ0) is 14.9. The van der Waals surface area contributed by atoms with Gasteiger partial charge in [0.25, 0.3) is 0 Å². The predicted molar refractivity (Wildman–Crippen MR) is 82.9 cm³/mol. The minimum Gasteiger partial charge on any atom is -0.378 e. The average Bonchev–Trinajstić information content (AvgIpc) is 2.90. The van der Waals surface area contributed by atoms with Crippen molar-refractivity contribution in [1.82, 2.24) is 10.3 Å². The molecule has 3 rings (SSSR count). The van der Waals surface area contributed by atoms with E-state index in [0.29, 0.717) is 22.6 Å². The molecule has 2 saturated heterocycles. The van der Waals surface area contributed by atoms with Crippen molar-refractivity contribution in [2.75, 3.05) is 26.9 Å². The number of hydrogen-bond donors (Lipinski definition) is 1. The van der Waals surface area contributed by atoms with E-state index in [-0.39, 0.29) is 11.6 Å². The number of pyridine rings is 1. The lowest BCUT2D eigenvalue weighted by atomic mass is 9.80. The standard InChI is InChI=1S/C15H20Cl2N2O2/c1-18-13(14-12(17)6-11(16)8-19-14)10-2-4-21-15(7-10)3-5-20-9-15/h6,8,10,13,18H,2-5,7,9H2,1H3. The SMILES string of the molecule is CNC(c1ncc(Cl)cc1Cl)C1CCOC2(CCOC2)C1. The molecule has 0 amide bonds. The van der Waals surface area contributed by atoms with Gasteiger partial charge in [-0.05, 0) is 31.9 Å². The molecule has 0 aliphatic carbocycles. The molecule has 21 heavy (non-hydrogen) atoms. The molecular formula is C15H20Cl2N2O2. The van der Waals surface area contributed by atoms with E-state index in [1.165, 1.54) is 0 Å². The van der Waals surface area contributed by atoms with Crippen molar-refractivity contribution in [3.05, 3.63) is 28.0 Å². The quantitative estimate of drug-likeness (QED) is 0.923. The second-order valence-corrected chi connectivity index (χ2v) is 6.72. The summed E-state index contributed by atoms with van der Waals surface area (Å²) in [7, 11) is 1.95. The van der Waals surface area contributed by atoms with Crippen LogP contribution in [0.1, 0.15) is 31.0 Å². The second-order valence-electron chi connectivity index (χ2n) is 5.87. The number of aromatic nitrogens is 1. The lowest BCUT2D eigenvalue weighted by Gasteiger charge is -2.40. The van der Waals surface area contributed by atoms with Gasteiger partial charge in [0.15, 0.2) is 0 Å². The molecule has 3 heterocycles. The van der Waals surface area contributed by atoms with E-state index in [4.69, 9.17) is 32.7 Å². The molecule has 1 aromatic heterocycles. The molecule has 6 heteroatoms. The fraction of sp³-hybridized carbons (Fsp3) is 0.667. The Kier molecular flexibility index (Phi) is 4.71. The Labute approximate surface area is 135 Å². The Morgan fingerprint density at radius 2 is 2.29 bits per heavy atom. The molecular weight excluding hydrogens is 311 g/mol. The molecule has 2 aliphatic rings. The molecule has 3 atom stereocenters. The number of hydrogen-bond acceptors (Lipinski definition) is 4. The summed E-state index contributed by atoms with van der Waals surface area (Å²) in [6.45, 7) is 2.25. The lowest BCUT2D eigenvalue weighted by molar-refractivity contribution is -0.103. The smallest absolute Gasteiger partial charge is 0.0940 e. The molecule has 1 N–H and O–H groups in total. The first-order valence-corrected chi connectivity index (χ1v) is 8.09. The topological polar surface area (TPSA) is 43.4 Å². The molecule has 4 nitrogen and oxygen atoms in total. The van der Waals surface area contributed by atoms with Gasteiger partial charge in [0.1, 0.15) is 0 Å². The number of nitrogens with one attached hydrogen (secondary N) is 1. The summed E-state index contributed by atoms with van der Waals surface area (Å²) >= 11 is 12.3. The second kappa shape index (κ2) is 6.39. The van der Waals surface area contributed by atoms with Crippen molar-refractivity contribution in [1.29, 1.82) is 0 Å². The first-order valence-electron chi connectivity index (χ1n) is 7.33. The minimum atomic E-state index is -0.114. The zero-order valence-electron chi connectivity index (χ0n) is 12.1. The van der Waals surface area contributed by atoms with E-state index in [1.54, 1.807) is 12.3 Å². The van der Waals surface area contributed by atoms with Gasteiger partial charge in [0.2, 0.25) is 0 Å². The molecule has 1 spiro atoms. The van der Waals surface area contributed by atoms with E-state index in [2.05, 4.69) is 10.3 Å². The van der Waals surface area contributed by atoms with Crippen LogP contribution in [0.15, 0.2) is 12.3 Å². The van der Waals surface area contributed by atoms with Gasteiger partial charge in [0.05, 0.1) is 34.0 Å². The molecule has 0 bridgehead atoms. The molecule has 0 saturated carbocycles. The van der Waals surface area contributed by atoms with Crippen LogP contribution in [0.3, 0.4) is 0 Å². The monoisotopic (exact) mass is 330 g/mol. The van der Waals surface area contributed by atoms with Crippen molar-refractivity contribution < 1.29 is 9.47 Å². The third-order valence-corrected chi connectivity index (χ3v) is 5.02. The average molecular weight is 331 g/mol. The first kappa shape index (κ1) is 15.5. The fourth-order valence-corrected chi connectivity index (χ4v) is 3.96. The van der Waals surface area contributed by atoms with E-state index in [1.807, 2.05) is 7.05 Å². The molecule has 3 unspecified atom stereocenters. The largest absolute Gasteiger partial charge is 0.378 e. The van der Waals surface area contributed by atoms with E-state index >= 15 is 0 Å². The van der Waals surface area contributed by atoms with Gasteiger partial charge in [-0.25, -0.2) is 0 Å². The summed E-state index contributed by atoms with van der Waals surface area (Å²) in [4.78, 5) is 4.44. The molecule has 2 fully saturated rings. The summed E-state index contributed by atoms with van der Waals surface area (Å²) in [6.07, 6.45) is 4.59. The van der Waals surface area contributed by atoms with Crippen LogP contribution in [0.4, 0.5) is 0 Å². The van der Waals surface area contributed by atoms with Crippen LogP contribution >= 0.6 is 23.2 Å². The third-order valence-electron chi connectivity index (χ3n) is 4.51. The van der Waals surface area contributed by atoms with Crippen LogP contribution in [0.2, 0.25) is 10.0 Å². The van der Waals surface area contributed by atoms with Crippen LogP contribution in [-0.2, 0) is 9.47 Å². The lowest BCUT2D eigenvalue weighted by Crippen LogP contribution is -2.43. The van der Waals surface area contributed by atoms with Crippen molar-refractivity contribution >= 4 is 23.2 Å². The summed E-state index contributed by atoms with van der Waals surface area (Å²) in [6, 6.07) is 1.86. The van der Waals surface area contributed by atoms with Gasteiger partial charge >= 0.3 is 0 Å². The minimum absolute atomic E-state index is 0.108. The fourth-order valence-electron chi connectivity index (χ4n) is 3.46. The maximum Gasteiger partial charge on any atom is 0.0940 e. The van der Waals surface area contributed by atoms with Gasteiger partial charge in [-0.1, -0.05) is 23.2 Å². The molecule has 0 aromatic carbocycles. The number of ether oxygens (including phenoxy) is 2. The van der Waals surface area contributed by atoms with Gasteiger partial charge in [0, 0.05) is 25.8 Å². The number of halogens is 2. The van der Waals surface area contributed by atoms with Crippen LogP contribution in [0.5, 0.6) is 0 Å². The highest BCUT2D eigenvalue weighted by atomic mass is 35.5. The summed E-state index contributed by atoms with van der Waals surface area (Å²) in [5, 5.41) is 4.55. The van der Waals surface area contributed by atoms with Crippen LogP contribution in [0.25, 0.3) is 0 Å². The van der Waals surface area contributed by atoms with Crippen molar-refractivity contribution in [3.63, 3.8) is 0 Å². The Morgan fingerprint density at radius 1 is 1.43 bits per heavy atom. The van der Waals surface area contributed by atoms with Crippen molar-refractivity contribution in [2.24, 2.45) is 5.92 Å².